The molecule has 0 aromatic heterocycles. The number of carbonyl (C=O) groups excluding carboxylic acids is 1. The average Bonchev–Trinajstić information content (AvgIpc) is 2.13. The van der Waals surface area contributed by atoms with Crippen molar-refractivity contribution < 1.29 is 4.79 Å². The fraction of sp³-hybridized carbons (Fsp3) is 0.846. The number of hydrogen-bond donors (Lipinski definition) is 1. The van der Waals surface area contributed by atoms with E-state index in [0.717, 1.165) is 37.0 Å². The Morgan fingerprint density at radius 2 is 1.69 bits per heavy atom. The molecule has 0 heterocycles. The maximum Gasteiger partial charge on any atom is 0.234 e. The number of nitriles is 1. The summed E-state index contributed by atoms with van der Waals surface area (Å²) in [6.07, 6.45) is 7.65. The van der Waals surface area contributed by atoms with Crippen molar-refractivity contribution in [1.29, 1.82) is 5.26 Å². The van der Waals surface area contributed by atoms with E-state index in [-0.39, 0.29) is 17.9 Å². The van der Waals surface area contributed by atoms with E-state index in [4.69, 9.17) is 5.26 Å². The third kappa shape index (κ3) is 1.61. The number of rotatable bonds is 2. The Hall–Kier alpha value is -1.04. The maximum atomic E-state index is 11.6. The first-order valence-electron chi connectivity index (χ1n) is 6.37. The molecule has 4 fully saturated rings. The van der Waals surface area contributed by atoms with E-state index in [2.05, 4.69) is 5.32 Å². The molecule has 0 spiro atoms. The van der Waals surface area contributed by atoms with Crippen molar-refractivity contribution in [1.82, 2.24) is 5.32 Å². The highest BCUT2D eigenvalue weighted by atomic mass is 16.1. The number of nitrogens with one attached hydrogen (secondary N) is 1. The van der Waals surface area contributed by atoms with Crippen LogP contribution in [0, 0.1) is 29.1 Å². The predicted molar refractivity (Wildman–Crippen MR) is 59.3 cm³/mol. The van der Waals surface area contributed by atoms with Crippen molar-refractivity contribution in [2.75, 3.05) is 0 Å². The summed E-state index contributed by atoms with van der Waals surface area (Å²) in [5.41, 5.74) is 0.0721. The van der Waals surface area contributed by atoms with E-state index in [0.29, 0.717) is 0 Å². The molecule has 0 atom stereocenters. The minimum Gasteiger partial charge on any atom is -0.350 e. The van der Waals surface area contributed by atoms with Gasteiger partial charge in [-0.05, 0) is 56.3 Å². The maximum absolute atomic E-state index is 11.6. The van der Waals surface area contributed by atoms with E-state index in [1.54, 1.807) is 0 Å². The summed E-state index contributed by atoms with van der Waals surface area (Å²) in [4.78, 5) is 11.6. The topological polar surface area (TPSA) is 52.9 Å². The molecule has 0 unspecified atom stereocenters. The third-order valence-corrected chi connectivity index (χ3v) is 4.68. The van der Waals surface area contributed by atoms with Crippen LogP contribution >= 0.6 is 0 Å². The molecule has 4 aliphatic rings. The van der Waals surface area contributed by atoms with Crippen molar-refractivity contribution in [3.05, 3.63) is 0 Å². The van der Waals surface area contributed by atoms with Gasteiger partial charge in [0.15, 0.2) is 0 Å². The highest BCUT2D eigenvalue weighted by molar-refractivity contribution is 5.78. The van der Waals surface area contributed by atoms with Crippen molar-refractivity contribution in [2.45, 2.75) is 50.5 Å². The van der Waals surface area contributed by atoms with Gasteiger partial charge in [-0.2, -0.15) is 5.26 Å². The summed E-state index contributed by atoms with van der Waals surface area (Å²) in [6.45, 7) is 0. The van der Waals surface area contributed by atoms with Gasteiger partial charge in [0.1, 0.15) is 6.42 Å². The Morgan fingerprint density at radius 3 is 2.12 bits per heavy atom. The standard InChI is InChI=1S/C13H18N2O/c14-2-1-12(16)15-13-6-9-3-10(7-13)5-11(4-9)8-13/h9-11H,1,3-8H2,(H,15,16). The van der Waals surface area contributed by atoms with E-state index >= 15 is 0 Å². The van der Waals surface area contributed by atoms with E-state index in [1.165, 1.54) is 19.3 Å². The summed E-state index contributed by atoms with van der Waals surface area (Å²) in [5, 5.41) is 11.7. The average molecular weight is 218 g/mol. The van der Waals surface area contributed by atoms with Gasteiger partial charge in [0.05, 0.1) is 6.07 Å². The van der Waals surface area contributed by atoms with Crippen LogP contribution in [0.15, 0.2) is 0 Å². The van der Waals surface area contributed by atoms with Gasteiger partial charge in [-0.25, -0.2) is 0 Å². The van der Waals surface area contributed by atoms with Crippen LogP contribution in [0.3, 0.4) is 0 Å². The molecule has 4 saturated carbocycles. The van der Waals surface area contributed by atoms with Gasteiger partial charge in [0, 0.05) is 5.54 Å². The minimum absolute atomic E-state index is 0.0156. The van der Waals surface area contributed by atoms with E-state index in [9.17, 15) is 4.79 Å². The molecule has 1 amide bonds. The molecule has 3 nitrogen and oxygen atoms in total. The zero-order chi connectivity index (χ0) is 11.2. The number of amides is 1. The van der Waals surface area contributed by atoms with Crippen LogP contribution in [-0.2, 0) is 4.79 Å². The van der Waals surface area contributed by atoms with E-state index in [1.807, 2.05) is 6.07 Å². The Morgan fingerprint density at radius 1 is 1.19 bits per heavy atom. The van der Waals surface area contributed by atoms with Crippen LogP contribution in [0.5, 0.6) is 0 Å². The molecule has 3 heteroatoms. The largest absolute Gasteiger partial charge is 0.350 e. The zero-order valence-corrected chi connectivity index (χ0v) is 9.54. The normalized spacial score (nSPS) is 44.1. The molecule has 1 N–H and O–H groups in total. The Balaban J connectivity index is 1.74. The van der Waals surface area contributed by atoms with Gasteiger partial charge >= 0.3 is 0 Å². The molecule has 86 valence electrons. The SMILES string of the molecule is N#CCC(=O)NC12CC3CC(CC(C3)C1)C2. The second kappa shape index (κ2) is 3.48. The van der Waals surface area contributed by atoms with Crippen LogP contribution in [0.25, 0.3) is 0 Å². The Bertz CT molecular complexity index is 320. The summed E-state index contributed by atoms with van der Waals surface area (Å²) in [7, 11) is 0. The smallest absolute Gasteiger partial charge is 0.234 e. The fourth-order valence-corrected chi connectivity index (χ4v) is 4.68. The van der Waals surface area contributed by atoms with E-state index < -0.39 is 0 Å². The lowest BCUT2D eigenvalue weighted by molar-refractivity contribution is -0.125. The van der Waals surface area contributed by atoms with Crippen LogP contribution in [0.1, 0.15) is 44.9 Å². The molecule has 4 rings (SSSR count). The van der Waals surface area contributed by atoms with Crippen molar-refractivity contribution in [3.63, 3.8) is 0 Å². The van der Waals surface area contributed by atoms with Gasteiger partial charge in [-0.3, -0.25) is 4.79 Å². The van der Waals surface area contributed by atoms with Crippen molar-refractivity contribution in [3.8, 4) is 6.07 Å². The number of nitrogens with zero attached hydrogens (tertiary/aromatic N) is 1. The molecule has 4 bridgehead atoms. The predicted octanol–water partition coefficient (Wildman–Crippen LogP) is 1.99. The van der Waals surface area contributed by atoms with Gasteiger partial charge in [0.25, 0.3) is 0 Å². The number of hydrogen-bond acceptors (Lipinski definition) is 2. The third-order valence-electron chi connectivity index (χ3n) is 4.68. The van der Waals surface area contributed by atoms with Gasteiger partial charge in [-0.15, -0.1) is 0 Å². The van der Waals surface area contributed by atoms with Crippen LogP contribution < -0.4 is 5.32 Å². The summed E-state index contributed by atoms with van der Waals surface area (Å²) < 4.78 is 0. The quantitative estimate of drug-likeness (QED) is 0.770. The highest BCUT2D eigenvalue weighted by Crippen LogP contribution is 2.55. The Labute approximate surface area is 96.2 Å². The lowest BCUT2D eigenvalue weighted by Gasteiger charge is -2.56. The fourth-order valence-electron chi connectivity index (χ4n) is 4.68. The Kier molecular flexibility index (Phi) is 2.20. The van der Waals surface area contributed by atoms with Gasteiger partial charge < -0.3 is 5.32 Å². The zero-order valence-electron chi connectivity index (χ0n) is 9.54. The monoisotopic (exact) mass is 218 g/mol. The number of carbonyl (C=O) groups is 1. The second-order valence-electron chi connectivity index (χ2n) is 6.08. The van der Waals surface area contributed by atoms with Gasteiger partial charge in [0.2, 0.25) is 5.91 Å². The highest BCUT2D eigenvalue weighted by Gasteiger charge is 2.51. The minimum atomic E-state index is -0.0653. The molecule has 16 heavy (non-hydrogen) atoms. The van der Waals surface area contributed by atoms with Crippen molar-refractivity contribution >= 4 is 5.91 Å². The molecule has 0 aromatic carbocycles. The first kappa shape index (κ1) is 10.1. The molecule has 0 aliphatic heterocycles. The van der Waals surface area contributed by atoms with Crippen LogP contribution in [0.4, 0.5) is 0 Å². The van der Waals surface area contributed by atoms with Crippen LogP contribution in [-0.4, -0.2) is 11.4 Å². The summed E-state index contributed by atoms with van der Waals surface area (Å²) >= 11 is 0. The lowest BCUT2D eigenvalue weighted by Crippen LogP contribution is -2.59. The second-order valence-corrected chi connectivity index (χ2v) is 6.08. The van der Waals surface area contributed by atoms with Crippen LogP contribution in [0.2, 0.25) is 0 Å². The van der Waals surface area contributed by atoms with Gasteiger partial charge in [-0.1, -0.05) is 0 Å². The van der Waals surface area contributed by atoms with Crippen molar-refractivity contribution in [2.24, 2.45) is 17.8 Å². The molecular weight excluding hydrogens is 200 g/mol. The summed E-state index contributed by atoms with van der Waals surface area (Å²) in [6, 6.07) is 1.94. The molecule has 4 aliphatic carbocycles. The summed E-state index contributed by atoms with van der Waals surface area (Å²) in [5.74, 6) is 2.46. The molecular formula is C13H18N2O. The molecule has 0 radical (unpaired) electrons. The lowest BCUT2D eigenvalue weighted by atomic mass is 9.53. The first-order valence-corrected chi connectivity index (χ1v) is 6.37. The first-order chi connectivity index (χ1) is 7.69. The molecule has 0 saturated heterocycles. The molecule has 0 aromatic rings.